The summed E-state index contributed by atoms with van der Waals surface area (Å²) in [5, 5.41) is 11.4. The highest BCUT2D eigenvalue weighted by Gasteiger charge is 2.23. The Morgan fingerprint density at radius 3 is 2.41 bits per heavy atom. The molecule has 4 aromatic rings. The predicted molar refractivity (Wildman–Crippen MR) is 132 cm³/mol. The molecule has 1 atom stereocenters. The van der Waals surface area contributed by atoms with Crippen LogP contribution in [0.25, 0.3) is 21.9 Å². The summed E-state index contributed by atoms with van der Waals surface area (Å²) >= 11 is 0. The second-order valence-corrected chi connectivity index (χ2v) is 8.98. The first-order valence-corrected chi connectivity index (χ1v) is 11.7. The van der Waals surface area contributed by atoms with E-state index in [1.54, 1.807) is 13.0 Å². The third-order valence-electron chi connectivity index (χ3n) is 6.03. The molecule has 5 nitrogen and oxygen atoms in total. The summed E-state index contributed by atoms with van der Waals surface area (Å²) in [6.45, 7) is 2.77. The highest BCUT2D eigenvalue weighted by Crippen LogP contribution is 2.39. The monoisotopic (exact) mass is 456 g/mol. The van der Waals surface area contributed by atoms with Gasteiger partial charge in [-0.05, 0) is 55.0 Å². The van der Waals surface area contributed by atoms with Gasteiger partial charge in [-0.15, -0.1) is 0 Å². The minimum Gasteiger partial charge on any atom is -0.489 e. The standard InChI is InChI=1S/C29H28O5/c1-19(30)15-27-28(23-9-5-6-10-24(23)29(31)34-27)22-13-14-25(32-18-21-11-12-21)26(16-22)33-17-20-7-3-2-4-8-20/h2-10,13-14,16,19,21,30H,11-12,15,17-18H2,1H3. The fourth-order valence-corrected chi connectivity index (χ4v) is 4.10. The van der Waals surface area contributed by atoms with Crippen molar-refractivity contribution in [2.75, 3.05) is 6.61 Å². The van der Waals surface area contributed by atoms with Crippen molar-refractivity contribution in [3.8, 4) is 22.6 Å². The number of hydrogen-bond acceptors (Lipinski definition) is 5. The van der Waals surface area contributed by atoms with Gasteiger partial charge in [0.25, 0.3) is 0 Å². The van der Waals surface area contributed by atoms with Gasteiger partial charge in [0.2, 0.25) is 0 Å². The fraction of sp³-hybridized carbons (Fsp3) is 0.276. The third kappa shape index (κ3) is 5.00. The first kappa shape index (κ1) is 22.2. The maximum Gasteiger partial charge on any atom is 0.343 e. The van der Waals surface area contributed by atoms with Crippen LogP contribution >= 0.6 is 0 Å². The lowest BCUT2D eigenvalue weighted by Crippen LogP contribution is -2.11. The zero-order valence-corrected chi connectivity index (χ0v) is 19.2. The molecule has 1 aliphatic carbocycles. The molecule has 174 valence electrons. The van der Waals surface area contributed by atoms with Gasteiger partial charge >= 0.3 is 5.63 Å². The first-order valence-electron chi connectivity index (χ1n) is 11.7. The molecule has 1 heterocycles. The van der Waals surface area contributed by atoms with Crippen LogP contribution < -0.4 is 15.1 Å². The maximum atomic E-state index is 12.6. The maximum absolute atomic E-state index is 12.6. The van der Waals surface area contributed by atoms with Crippen LogP contribution in [0.3, 0.4) is 0 Å². The summed E-state index contributed by atoms with van der Waals surface area (Å²) in [6, 6.07) is 23.2. The van der Waals surface area contributed by atoms with Gasteiger partial charge in [0.1, 0.15) is 12.4 Å². The highest BCUT2D eigenvalue weighted by atomic mass is 16.5. The highest BCUT2D eigenvalue weighted by molar-refractivity contribution is 5.97. The molecule has 0 saturated heterocycles. The molecule has 3 aromatic carbocycles. The molecule has 0 aliphatic heterocycles. The first-order chi connectivity index (χ1) is 16.6. The van der Waals surface area contributed by atoms with Crippen LogP contribution in [0.15, 0.2) is 82.0 Å². The lowest BCUT2D eigenvalue weighted by Gasteiger charge is -2.17. The topological polar surface area (TPSA) is 68.9 Å². The lowest BCUT2D eigenvalue weighted by atomic mass is 9.96. The van der Waals surface area contributed by atoms with Gasteiger partial charge < -0.3 is 19.0 Å². The van der Waals surface area contributed by atoms with Gasteiger partial charge in [-0.3, -0.25) is 0 Å². The van der Waals surface area contributed by atoms with Crippen molar-refractivity contribution in [3.05, 3.63) is 94.5 Å². The van der Waals surface area contributed by atoms with Crippen molar-refractivity contribution >= 4 is 10.8 Å². The Morgan fingerprint density at radius 1 is 0.941 bits per heavy atom. The molecule has 0 spiro atoms. The summed E-state index contributed by atoms with van der Waals surface area (Å²) in [5.41, 5.74) is 2.29. The number of aliphatic hydroxyl groups is 1. The molecule has 1 fully saturated rings. The van der Waals surface area contributed by atoms with E-state index in [-0.39, 0.29) is 6.42 Å². The smallest absolute Gasteiger partial charge is 0.343 e. The summed E-state index contributed by atoms with van der Waals surface area (Å²) in [6.07, 6.45) is 1.99. The molecule has 0 amide bonds. The summed E-state index contributed by atoms with van der Waals surface area (Å²) in [4.78, 5) is 12.6. The van der Waals surface area contributed by atoms with Gasteiger partial charge in [-0.2, -0.15) is 0 Å². The molecule has 1 saturated carbocycles. The Balaban J connectivity index is 1.58. The average Bonchev–Trinajstić information content (AvgIpc) is 3.67. The number of benzene rings is 3. The SMILES string of the molecule is CC(O)Cc1oc(=O)c2ccccc2c1-c1ccc(OCC2CC2)c(OCc2ccccc2)c1. The van der Waals surface area contributed by atoms with E-state index in [2.05, 4.69) is 0 Å². The third-order valence-corrected chi connectivity index (χ3v) is 6.03. The van der Waals surface area contributed by atoms with E-state index in [1.807, 2.05) is 66.7 Å². The minimum atomic E-state index is -0.655. The predicted octanol–water partition coefficient (Wildman–Crippen LogP) is 5.75. The van der Waals surface area contributed by atoms with E-state index in [4.69, 9.17) is 13.9 Å². The van der Waals surface area contributed by atoms with Crippen molar-refractivity contribution in [1.29, 1.82) is 0 Å². The van der Waals surface area contributed by atoms with Crippen LogP contribution in [-0.2, 0) is 13.0 Å². The van der Waals surface area contributed by atoms with Crippen LogP contribution in [0.1, 0.15) is 31.1 Å². The zero-order valence-electron chi connectivity index (χ0n) is 19.2. The van der Waals surface area contributed by atoms with Crippen molar-refractivity contribution < 1.29 is 19.0 Å². The largest absolute Gasteiger partial charge is 0.489 e. The molecular formula is C29H28O5. The average molecular weight is 457 g/mol. The van der Waals surface area contributed by atoms with Crippen molar-refractivity contribution in [2.24, 2.45) is 5.92 Å². The molecule has 1 aliphatic rings. The molecule has 34 heavy (non-hydrogen) atoms. The van der Waals surface area contributed by atoms with Crippen LogP contribution in [0, 0.1) is 5.92 Å². The minimum absolute atomic E-state index is 0.232. The summed E-state index contributed by atoms with van der Waals surface area (Å²) in [7, 11) is 0. The normalized spacial score (nSPS) is 14.2. The molecule has 5 rings (SSSR count). The molecule has 0 bridgehead atoms. The van der Waals surface area contributed by atoms with Crippen LogP contribution in [0.5, 0.6) is 11.5 Å². The second kappa shape index (κ2) is 9.74. The van der Waals surface area contributed by atoms with E-state index in [0.29, 0.717) is 41.8 Å². The van der Waals surface area contributed by atoms with E-state index >= 15 is 0 Å². The van der Waals surface area contributed by atoms with Crippen molar-refractivity contribution in [1.82, 2.24) is 0 Å². The Labute approximate surface area is 198 Å². The molecule has 5 heteroatoms. The Morgan fingerprint density at radius 2 is 1.68 bits per heavy atom. The Hall–Kier alpha value is -3.57. The van der Waals surface area contributed by atoms with Gasteiger partial charge in [-0.25, -0.2) is 4.79 Å². The number of aliphatic hydroxyl groups excluding tert-OH is 1. The molecule has 1 N–H and O–H groups in total. The lowest BCUT2D eigenvalue weighted by molar-refractivity contribution is 0.186. The number of rotatable bonds is 9. The van der Waals surface area contributed by atoms with Gasteiger partial charge in [0, 0.05) is 17.4 Å². The molecule has 1 unspecified atom stereocenters. The zero-order chi connectivity index (χ0) is 23.5. The van der Waals surface area contributed by atoms with E-state index < -0.39 is 11.7 Å². The Kier molecular flexibility index (Phi) is 6.37. The van der Waals surface area contributed by atoms with E-state index in [9.17, 15) is 9.90 Å². The Bertz CT molecular complexity index is 1340. The van der Waals surface area contributed by atoms with Gasteiger partial charge in [0.05, 0.1) is 18.1 Å². The quantitative estimate of drug-likeness (QED) is 0.347. The van der Waals surface area contributed by atoms with Crippen LogP contribution in [0.2, 0.25) is 0 Å². The summed E-state index contributed by atoms with van der Waals surface area (Å²) in [5.74, 6) is 2.41. The van der Waals surface area contributed by atoms with Gasteiger partial charge in [-0.1, -0.05) is 54.6 Å². The number of ether oxygens (including phenoxy) is 2. The number of fused-ring (bicyclic) bond motifs is 1. The second-order valence-electron chi connectivity index (χ2n) is 8.98. The van der Waals surface area contributed by atoms with E-state index in [0.717, 1.165) is 22.1 Å². The molecule has 1 aromatic heterocycles. The van der Waals surface area contributed by atoms with Crippen molar-refractivity contribution in [3.63, 3.8) is 0 Å². The van der Waals surface area contributed by atoms with Crippen molar-refractivity contribution in [2.45, 2.75) is 38.9 Å². The van der Waals surface area contributed by atoms with Crippen LogP contribution in [-0.4, -0.2) is 17.8 Å². The number of hydrogen-bond donors (Lipinski definition) is 1. The van der Waals surface area contributed by atoms with Gasteiger partial charge in [0.15, 0.2) is 11.5 Å². The van der Waals surface area contributed by atoms with E-state index in [1.165, 1.54) is 12.8 Å². The molecule has 0 radical (unpaired) electrons. The fourth-order valence-electron chi connectivity index (χ4n) is 4.10. The summed E-state index contributed by atoms with van der Waals surface area (Å²) < 4.78 is 18.0. The van der Waals surface area contributed by atoms with Crippen LogP contribution in [0.4, 0.5) is 0 Å². The molecular weight excluding hydrogens is 428 g/mol.